The fourth-order valence-electron chi connectivity index (χ4n) is 6.49. The first-order valence-corrected chi connectivity index (χ1v) is 15.2. The number of hydrogen-bond donors (Lipinski definition) is 0. The number of benzene rings is 2. The summed E-state index contributed by atoms with van der Waals surface area (Å²) in [6, 6.07) is 4.64. The van der Waals surface area contributed by atoms with Gasteiger partial charge in [0.25, 0.3) is 5.91 Å². The molecule has 2 fully saturated rings. The van der Waals surface area contributed by atoms with Crippen LogP contribution in [0.4, 0.5) is 39.5 Å². The number of likely N-dealkylation sites (tertiary alicyclic amines) is 1. The topological polar surface area (TPSA) is 45.3 Å². The molecule has 2 aromatic rings. The Morgan fingerprint density at radius 3 is 1.74 bits per heavy atom. The van der Waals surface area contributed by atoms with E-state index >= 15 is 0 Å². The highest BCUT2D eigenvalue weighted by Gasteiger charge is 2.40. The monoisotopic (exact) mass is 683 g/mol. The van der Waals surface area contributed by atoms with Crippen molar-refractivity contribution in [3.05, 3.63) is 70.3 Å². The summed E-state index contributed by atoms with van der Waals surface area (Å²) in [4.78, 5) is 19.3. The average molecular weight is 684 g/mol. The first kappa shape index (κ1) is 36.9. The first-order chi connectivity index (χ1) is 22.0. The lowest BCUT2D eigenvalue weighted by Gasteiger charge is -2.45. The maximum absolute atomic E-state index is 13.7. The summed E-state index contributed by atoms with van der Waals surface area (Å²) in [5, 5.41) is 0. The smallest absolute Gasteiger partial charge is 0.383 e. The van der Waals surface area contributed by atoms with E-state index in [-0.39, 0.29) is 44.2 Å². The zero-order valence-corrected chi connectivity index (χ0v) is 26.0. The molecule has 0 saturated carbocycles. The van der Waals surface area contributed by atoms with Gasteiger partial charge in [0.05, 0.1) is 29.9 Å². The minimum absolute atomic E-state index is 0.00920. The standard InChI is InChI=1S/C32H38F9N3O3/c1-46-19-26-4-3-5-27(20-47-2)43(26)12-10-42-11-13-44(28(18-42)14-21-6-8-23(9-7-21)30(33,34)35)29(45)22-15-24(31(36,37)38)17-25(16-22)32(39,40)41/h6-9,15-17,26-28H,3-5,10-14,18-20H2,1-2H3/t26?,27?,28-/m1/s1. The van der Waals surface area contributed by atoms with E-state index in [4.69, 9.17) is 9.47 Å². The SMILES string of the molecule is COCC1CCCC(COC)N1CCN1CCN(C(=O)c2cc(C(F)(F)F)cc(C(F)(F)F)c2)[C@H](Cc2ccc(C(F)(F)F)cc2)C1. The average Bonchev–Trinajstić information content (AvgIpc) is 2.99. The fraction of sp³-hybridized carbons (Fsp3) is 0.594. The Labute approximate surface area is 267 Å². The number of alkyl halides is 9. The number of amides is 1. The van der Waals surface area contributed by atoms with Gasteiger partial charge in [-0.2, -0.15) is 39.5 Å². The van der Waals surface area contributed by atoms with Crippen LogP contribution in [-0.4, -0.2) is 98.9 Å². The molecular formula is C32H38F9N3O3. The molecule has 2 unspecified atom stereocenters. The van der Waals surface area contributed by atoms with E-state index in [1.54, 1.807) is 14.2 Å². The molecule has 262 valence electrons. The van der Waals surface area contributed by atoms with Gasteiger partial charge in [0.15, 0.2) is 0 Å². The summed E-state index contributed by atoms with van der Waals surface area (Å²) in [5.41, 5.74) is -4.42. The lowest BCUT2D eigenvalue weighted by molar-refractivity contribution is -0.143. The summed E-state index contributed by atoms with van der Waals surface area (Å²) in [5.74, 6) is -1.02. The molecule has 3 atom stereocenters. The molecule has 2 heterocycles. The minimum atomic E-state index is -5.13. The van der Waals surface area contributed by atoms with E-state index in [0.29, 0.717) is 44.0 Å². The highest BCUT2D eigenvalue weighted by Crippen LogP contribution is 2.37. The number of hydrogen-bond acceptors (Lipinski definition) is 5. The van der Waals surface area contributed by atoms with Crippen LogP contribution in [0.3, 0.4) is 0 Å². The van der Waals surface area contributed by atoms with Crippen LogP contribution in [0.5, 0.6) is 0 Å². The third-order valence-electron chi connectivity index (χ3n) is 8.82. The Bertz CT molecular complexity index is 1280. The summed E-state index contributed by atoms with van der Waals surface area (Å²) in [6.45, 7) is 2.68. The lowest BCUT2D eigenvalue weighted by Crippen LogP contribution is -2.58. The van der Waals surface area contributed by atoms with Crippen molar-refractivity contribution in [3.8, 4) is 0 Å². The van der Waals surface area contributed by atoms with E-state index < -0.39 is 52.7 Å². The third-order valence-corrected chi connectivity index (χ3v) is 8.82. The van der Waals surface area contributed by atoms with Crippen molar-refractivity contribution in [2.45, 2.75) is 62.3 Å². The summed E-state index contributed by atoms with van der Waals surface area (Å²) < 4.78 is 132. The number of piperidine rings is 1. The molecule has 0 aliphatic carbocycles. The predicted octanol–water partition coefficient (Wildman–Crippen LogP) is 6.63. The van der Waals surface area contributed by atoms with Crippen molar-refractivity contribution in [2.75, 3.05) is 60.2 Å². The van der Waals surface area contributed by atoms with Crippen molar-refractivity contribution < 1.29 is 53.8 Å². The molecule has 2 aliphatic rings. The minimum Gasteiger partial charge on any atom is -0.383 e. The zero-order chi connectivity index (χ0) is 34.6. The molecule has 0 radical (unpaired) electrons. The van der Waals surface area contributed by atoms with Gasteiger partial charge in [-0.1, -0.05) is 18.6 Å². The number of ether oxygens (including phenoxy) is 2. The van der Waals surface area contributed by atoms with Crippen LogP contribution in [0.15, 0.2) is 42.5 Å². The highest BCUT2D eigenvalue weighted by molar-refractivity contribution is 5.95. The molecular weight excluding hydrogens is 645 g/mol. The van der Waals surface area contributed by atoms with E-state index in [1.807, 2.05) is 4.90 Å². The van der Waals surface area contributed by atoms with E-state index in [1.165, 1.54) is 17.0 Å². The van der Waals surface area contributed by atoms with E-state index in [9.17, 15) is 44.3 Å². The van der Waals surface area contributed by atoms with Crippen molar-refractivity contribution in [1.29, 1.82) is 0 Å². The molecule has 2 saturated heterocycles. The van der Waals surface area contributed by atoms with Gasteiger partial charge in [0.1, 0.15) is 0 Å². The second kappa shape index (κ2) is 15.1. The molecule has 15 heteroatoms. The number of nitrogens with zero attached hydrogens (tertiary/aromatic N) is 3. The molecule has 1 amide bonds. The largest absolute Gasteiger partial charge is 0.416 e. The lowest BCUT2D eigenvalue weighted by atomic mass is 9.96. The zero-order valence-electron chi connectivity index (χ0n) is 26.0. The van der Waals surface area contributed by atoms with Crippen LogP contribution in [-0.2, 0) is 34.4 Å². The molecule has 6 nitrogen and oxygen atoms in total. The molecule has 0 N–H and O–H groups in total. The maximum atomic E-state index is 13.7. The number of methoxy groups -OCH3 is 2. The molecule has 4 rings (SSSR count). The van der Waals surface area contributed by atoms with Crippen molar-refractivity contribution in [3.63, 3.8) is 0 Å². The summed E-state index contributed by atoms with van der Waals surface area (Å²) >= 11 is 0. The third kappa shape index (κ3) is 9.61. The Morgan fingerprint density at radius 2 is 1.26 bits per heavy atom. The fourth-order valence-corrected chi connectivity index (χ4v) is 6.49. The molecule has 2 aromatic carbocycles. The number of piperazine rings is 1. The summed E-state index contributed by atoms with van der Waals surface area (Å²) in [7, 11) is 3.25. The predicted molar refractivity (Wildman–Crippen MR) is 155 cm³/mol. The van der Waals surface area contributed by atoms with Crippen LogP contribution in [0.2, 0.25) is 0 Å². The second-order valence-electron chi connectivity index (χ2n) is 12.0. The van der Waals surface area contributed by atoms with Crippen LogP contribution < -0.4 is 0 Å². The van der Waals surface area contributed by atoms with Gasteiger partial charge < -0.3 is 14.4 Å². The van der Waals surface area contributed by atoms with Crippen LogP contribution >= 0.6 is 0 Å². The Morgan fingerprint density at radius 1 is 0.723 bits per heavy atom. The Kier molecular flexibility index (Phi) is 11.9. The van der Waals surface area contributed by atoms with Gasteiger partial charge >= 0.3 is 18.5 Å². The highest BCUT2D eigenvalue weighted by atomic mass is 19.4. The first-order valence-electron chi connectivity index (χ1n) is 15.2. The number of halogens is 9. The summed E-state index contributed by atoms with van der Waals surface area (Å²) in [6.07, 6.45) is -11.9. The molecule has 2 aliphatic heterocycles. The van der Waals surface area contributed by atoms with E-state index in [0.717, 1.165) is 31.4 Å². The van der Waals surface area contributed by atoms with Crippen molar-refractivity contribution in [2.24, 2.45) is 0 Å². The second-order valence-corrected chi connectivity index (χ2v) is 12.0. The van der Waals surface area contributed by atoms with Gasteiger partial charge in [-0.3, -0.25) is 14.6 Å². The molecule has 0 aromatic heterocycles. The number of carbonyl (C=O) groups is 1. The van der Waals surface area contributed by atoms with Crippen LogP contribution in [0, 0.1) is 0 Å². The quantitative estimate of drug-likeness (QED) is 0.264. The van der Waals surface area contributed by atoms with Gasteiger partial charge in [-0.15, -0.1) is 0 Å². The van der Waals surface area contributed by atoms with Gasteiger partial charge in [-0.25, -0.2) is 0 Å². The van der Waals surface area contributed by atoms with Crippen LogP contribution in [0.25, 0.3) is 0 Å². The Balaban J connectivity index is 1.60. The number of rotatable bonds is 10. The van der Waals surface area contributed by atoms with Crippen LogP contribution in [0.1, 0.15) is 51.9 Å². The van der Waals surface area contributed by atoms with Gasteiger partial charge in [0.2, 0.25) is 0 Å². The van der Waals surface area contributed by atoms with Crippen molar-refractivity contribution >= 4 is 5.91 Å². The maximum Gasteiger partial charge on any atom is 0.416 e. The van der Waals surface area contributed by atoms with Crippen molar-refractivity contribution in [1.82, 2.24) is 14.7 Å². The van der Waals surface area contributed by atoms with Gasteiger partial charge in [-0.05, 0) is 55.2 Å². The normalized spacial score (nSPS) is 22.1. The Hall–Kier alpha value is -2.88. The van der Waals surface area contributed by atoms with E-state index in [2.05, 4.69) is 4.90 Å². The van der Waals surface area contributed by atoms with Gasteiger partial charge in [0, 0.05) is 70.6 Å². The molecule has 0 spiro atoms. The molecule has 0 bridgehead atoms. The number of carbonyl (C=O) groups excluding carboxylic acids is 1. The molecule has 47 heavy (non-hydrogen) atoms.